The van der Waals surface area contributed by atoms with Gasteiger partial charge in [-0.15, -0.1) is 10.2 Å². The molecule has 1 atom stereocenters. The fraction of sp³-hybridized carbons (Fsp3) is 0.250. The van der Waals surface area contributed by atoms with E-state index in [1.165, 1.54) is 12.0 Å². The third-order valence-corrected chi connectivity index (χ3v) is 4.37. The molecule has 1 fully saturated rings. The molecule has 0 aliphatic carbocycles. The number of pyridine rings is 1. The maximum atomic E-state index is 6.00. The number of benzene rings is 1. The van der Waals surface area contributed by atoms with Gasteiger partial charge in [0.1, 0.15) is 12.1 Å². The van der Waals surface area contributed by atoms with Gasteiger partial charge >= 0.3 is 0 Å². The molecule has 1 saturated heterocycles. The van der Waals surface area contributed by atoms with Crippen molar-refractivity contribution in [3.05, 3.63) is 59.4 Å². The van der Waals surface area contributed by atoms with Crippen LogP contribution in [0.25, 0.3) is 5.65 Å². The van der Waals surface area contributed by atoms with Gasteiger partial charge in [-0.1, -0.05) is 29.8 Å². The van der Waals surface area contributed by atoms with E-state index in [0.717, 1.165) is 29.5 Å². The van der Waals surface area contributed by atoms with E-state index in [2.05, 4.69) is 33.3 Å². The van der Waals surface area contributed by atoms with Crippen LogP contribution in [0.5, 0.6) is 0 Å². The Hall–Kier alpha value is -2.07. The number of fused-ring (bicyclic) bond motifs is 1. The summed E-state index contributed by atoms with van der Waals surface area (Å²) in [5, 5.41) is 8.92. The second kappa shape index (κ2) is 5.04. The summed E-state index contributed by atoms with van der Waals surface area (Å²) < 4.78 is 2.05. The Morgan fingerprint density at radius 1 is 1.10 bits per heavy atom. The van der Waals surface area contributed by atoms with E-state index in [1.54, 1.807) is 6.33 Å². The summed E-state index contributed by atoms with van der Waals surface area (Å²) in [6.45, 7) is 1.05. The van der Waals surface area contributed by atoms with E-state index in [0.29, 0.717) is 6.04 Å². The Labute approximate surface area is 128 Å². The van der Waals surface area contributed by atoms with Crippen molar-refractivity contribution in [2.75, 3.05) is 11.4 Å². The number of aromatic nitrogens is 3. The first kappa shape index (κ1) is 12.7. The van der Waals surface area contributed by atoms with Gasteiger partial charge in [-0.3, -0.25) is 4.40 Å². The zero-order valence-corrected chi connectivity index (χ0v) is 12.2. The van der Waals surface area contributed by atoms with E-state index in [9.17, 15) is 0 Å². The molecule has 0 N–H and O–H groups in total. The molecule has 106 valence electrons. The lowest BCUT2D eigenvalue weighted by Crippen LogP contribution is -2.24. The van der Waals surface area contributed by atoms with Crippen LogP contribution in [0.3, 0.4) is 0 Å². The summed E-state index contributed by atoms with van der Waals surface area (Å²) in [6, 6.07) is 14.7. The highest BCUT2D eigenvalue weighted by atomic mass is 35.5. The quantitative estimate of drug-likeness (QED) is 0.723. The summed E-state index contributed by atoms with van der Waals surface area (Å²) in [4.78, 5) is 2.43. The fourth-order valence-electron chi connectivity index (χ4n) is 3.14. The van der Waals surface area contributed by atoms with Crippen LogP contribution in [0, 0.1) is 0 Å². The molecule has 0 bridgehead atoms. The normalized spacial score (nSPS) is 18.5. The van der Waals surface area contributed by atoms with E-state index in [4.69, 9.17) is 11.6 Å². The van der Waals surface area contributed by atoms with Gasteiger partial charge in [-0.2, -0.15) is 0 Å². The lowest BCUT2D eigenvalue weighted by Gasteiger charge is -2.27. The zero-order valence-electron chi connectivity index (χ0n) is 11.5. The Balaban J connectivity index is 1.76. The van der Waals surface area contributed by atoms with Gasteiger partial charge in [0.15, 0.2) is 5.65 Å². The molecular weight excluding hydrogens is 284 g/mol. The fourth-order valence-corrected chi connectivity index (χ4v) is 3.27. The molecule has 4 nitrogen and oxygen atoms in total. The standard InChI is InChI=1S/C16H15ClN4/c17-13-8-6-12(7-9-13)14-3-2-10-20(14)16-5-1-4-15-19-18-11-21(15)16/h1,4-9,11,14H,2-3,10H2. The van der Waals surface area contributed by atoms with Crippen molar-refractivity contribution in [2.45, 2.75) is 18.9 Å². The highest BCUT2D eigenvalue weighted by Crippen LogP contribution is 2.36. The molecule has 0 spiro atoms. The number of hydrogen-bond acceptors (Lipinski definition) is 3. The topological polar surface area (TPSA) is 33.4 Å². The minimum Gasteiger partial charge on any atom is -0.351 e. The van der Waals surface area contributed by atoms with E-state index < -0.39 is 0 Å². The molecule has 3 heterocycles. The minimum atomic E-state index is 0.385. The summed E-state index contributed by atoms with van der Waals surface area (Å²) in [6.07, 6.45) is 4.12. The molecule has 2 aromatic heterocycles. The lowest BCUT2D eigenvalue weighted by molar-refractivity contribution is 0.708. The van der Waals surface area contributed by atoms with Gasteiger partial charge in [-0.05, 0) is 42.7 Å². The Morgan fingerprint density at radius 3 is 2.81 bits per heavy atom. The smallest absolute Gasteiger partial charge is 0.162 e. The number of rotatable bonds is 2. The molecule has 1 aliphatic rings. The summed E-state index contributed by atoms with van der Waals surface area (Å²) in [5.74, 6) is 1.15. The van der Waals surface area contributed by atoms with Crippen molar-refractivity contribution in [1.29, 1.82) is 0 Å². The highest BCUT2D eigenvalue weighted by Gasteiger charge is 2.27. The average Bonchev–Trinajstić information content (AvgIpc) is 3.16. The predicted octanol–water partition coefficient (Wildman–Crippen LogP) is 3.72. The maximum Gasteiger partial charge on any atom is 0.162 e. The van der Waals surface area contributed by atoms with E-state index in [1.807, 2.05) is 28.7 Å². The van der Waals surface area contributed by atoms with Crippen LogP contribution in [-0.2, 0) is 0 Å². The molecule has 0 amide bonds. The highest BCUT2D eigenvalue weighted by molar-refractivity contribution is 6.30. The van der Waals surface area contributed by atoms with Crippen LogP contribution in [0.2, 0.25) is 5.02 Å². The lowest BCUT2D eigenvalue weighted by atomic mass is 10.0. The summed E-state index contributed by atoms with van der Waals surface area (Å²) in [5.41, 5.74) is 2.19. The first-order valence-electron chi connectivity index (χ1n) is 7.14. The molecule has 5 heteroatoms. The van der Waals surface area contributed by atoms with E-state index in [-0.39, 0.29) is 0 Å². The molecule has 0 radical (unpaired) electrons. The SMILES string of the molecule is Clc1ccc(C2CCCN2c2cccc3nncn23)cc1. The molecule has 1 aliphatic heterocycles. The largest absolute Gasteiger partial charge is 0.351 e. The first-order valence-corrected chi connectivity index (χ1v) is 7.51. The average molecular weight is 299 g/mol. The number of nitrogens with zero attached hydrogens (tertiary/aromatic N) is 4. The van der Waals surface area contributed by atoms with Crippen molar-refractivity contribution >= 4 is 23.1 Å². The number of halogens is 1. The molecule has 4 rings (SSSR count). The maximum absolute atomic E-state index is 6.00. The Morgan fingerprint density at radius 2 is 1.95 bits per heavy atom. The van der Waals surface area contributed by atoms with Crippen molar-refractivity contribution in [1.82, 2.24) is 14.6 Å². The first-order chi connectivity index (χ1) is 10.3. The third kappa shape index (κ3) is 2.16. The van der Waals surface area contributed by atoms with Gasteiger partial charge in [0.2, 0.25) is 0 Å². The van der Waals surface area contributed by atoms with Gasteiger partial charge in [0, 0.05) is 11.6 Å². The second-order valence-electron chi connectivity index (χ2n) is 5.35. The van der Waals surface area contributed by atoms with Crippen molar-refractivity contribution in [3.8, 4) is 0 Å². The third-order valence-electron chi connectivity index (χ3n) is 4.11. The van der Waals surface area contributed by atoms with Gasteiger partial charge in [0.05, 0.1) is 6.04 Å². The minimum absolute atomic E-state index is 0.385. The van der Waals surface area contributed by atoms with Crippen LogP contribution in [-0.4, -0.2) is 21.1 Å². The molecule has 0 saturated carbocycles. The van der Waals surface area contributed by atoms with E-state index >= 15 is 0 Å². The molecule has 21 heavy (non-hydrogen) atoms. The van der Waals surface area contributed by atoms with Crippen molar-refractivity contribution < 1.29 is 0 Å². The molecular formula is C16H15ClN4. The zero-order chi connectivity index (χ0) is 14.2. The predicted molar refractivity (Wildman–Crippen MR) is 83.8 cm³/mol. The van der Waals surface area contributed by atoms with Crippen LogP contribution < -0.4 is 4.90 Å². The summed E-state index contributed by atoms with van der Waals surface area (Å²) >= 11 is 6.00. The van der Waals surface area contributed by atoms with Crippen LogP contribution in [0.15, 0.2) is 48.8 Å². The van der Waals surface area contributed by atoms with Crippen LogP contribution in [0.4, 0.5) is 5.82 Å². The van der Waals surface area contributed by atoms with Gasteiger partial charge in [-0.25, -0.2) is 0 Å². The van der Waals surface area contributed by atoms with Crippen molar-refractivity contribution in [2.24, 2.45) is 0 Å². The van der Waals surface area contributed by atoms with Crippen LogP contribution >= 0.6 is 11.6 Å². The Kier molecular flexibility index (Phi) is 3.04. The number of anilines is 1. The Bertz CT molecular complexity index is 765. The van der Waals surface area contributed by atoms with Crippen LogP contribution in [0.1, 0.15) is 24.4 Å². The molecule has 1 unspecified atom stereocenters. The van der Waals surface area contributed by atoms with Gasteiger partial charge < -0.3 is 4.90 Å². The molecule has 1 aromatic carbocycles. The van der Waals surface area contributed by atoms with Gasteiger partial charge in [0.25, 0.3) is 0 Å². The monoisotopic (exact) mass is 298 g/mol. The molecule has 3 aromatic rings. The number of hydrogen-bond donors (Lipinski definition) is 0. The second-order valence-corrected chi connectivity index (χ2v) is 5.78. The van der Waals surface area contributed by atoms with Crippen molar-refractivity contribution in [3.63, 3.8) is 0 Å². The summed E-state index contributed by atoms with van der Waals surface area (Å²) in [7, 11) is 0.